The summed E-state index contributed by atoms with van der Waals surface area (Å²) >= 11 is 0. The van der Waals surface area contributed by atoms with E-state index in [1.807, 2.05) is 33.2 Å². The van der Waals surface area contributed by atoms with Gasteiger partial charge in [0, 0.05) is 11.5 Å². The summed E-state index contributed by atoms with van der Waals surface area (Å²) in [6.45, 7) is 6.24. The summed E-state index contributed by atoms with van der Waals surface area (Å²) < 4.78 is 9.15. The van der Waals surface area contributed by atoms with Crippen molar-refractivity contribution in [2.45, 2.75) is 51.5 Å². The molecule has 0 aliphatic heterocycles. The lowest BCUT2D eigenvalue weighted by Crippen LogP contribution is -2.25. The van der Waals surface area contributed by atoms with Crippen LogP contribution in [0.2, 0.25) is 0 Å². The van der Waals surface area contributed by atoms with Gasteiger partial charge in [0.2, 0.25) is 11.7 Å². The molecule has 0 radical (unpaired) electrons. The minimum absolute atomic E-state index is 0.0234. The highest BCUT2D eigenvalue weighted by atomic mass is 16.5. The van der Waals surface area contributed by atoms with Crippen LogP contribution >= 0.6 is 0 Å². The lowest BCUT2D eigenvalue weighted by molar-refractivity contribution is 0.353. The maximum Gasteiger partial charge on any atom is 0.278 e. The highest BCUT2D eigenvalue weighted by Crippen LogP contribution is 2.47. The minimum Gasteiger partial charge on any atom is -0.338 e. The fourth-order valence-electron chi connectivity index (χ4n) is 3.58. The van der Waals surface area contributed by atoms with Gasteiger partial charge in [-0.25, -0.2) is 4.98 Å². The first-order valence-corrected chi connectivity index (χ1v) is 9.38. The van der Waals surface area contributed by atoms with Crippen molar-refractivity contribution in [3.05, 3.63) is 46.8 Å². The van der Waals surface area contributed by atoms with Crippen LogP contribution in [0.5, 0.6) is 0 Å². The number of para-hydroxylation sites is 2. The fraction of sp³-hybridized carbons (Fsp3) is 0.400. The molecule has 138 valence electrons. The van der Waals surface area contributed by atoms with Crippen molar-refractivity contribution in [1.82, 2.24) is 24.1 Å². The molecule has 1 unspecified atom stereocenters. The van der Waals surface area contributed by atoms with Crippen molar-refractivity contribution in [2.24, 2.45) is 0 Å². The Morgan fingerprint density at radius 3 is 2.70 bits per heavy atom. The molecule has 1 saturated carbocycles. The van der Waals surface area contributed by atoms with Gasteiger partial charge < -0.3 is 9.09 Å². The molecule has 1 aromatic carbocycles. The van der Waals surface area contributed by atoms with E-state index in [0.29, 0.717) is 22.9 Å². The maximum atomic E-state index is 13.4. The van der Waals surface area contributed by atoms with Gasteiger partial charge in [0.05, 0.1) is 11.0 Å². The van der Waals surface area contributed by atoms with Gasteiger partial charge in [-0.3, -0.25) is 9.20 Å². The molecule has 27 heavy (non-hydrogen) atoms. The Bertz CT molecular complexity index is 1230. The molecule has 5 rings (SSSR count). The maximum absolute atomic E-state index is 13.4. The van der Waals surface area contributed by atoms with E-state index in [1.165, 1.54) is 0 Å². The SMILES string of the molecule is CCC(C)n1c(=O)c2c(-c3noc(C4(C)CC4)n3)ncn2c2ccccc21. The molecular formula is C20H21N5O2. The number of hydrogen-bond acceptors (Lipinski definition) is 5. The standard InChI is InChI=1S/C20H21N5O2/c1-4-12(2)25-14-8-6-5-7-13(14)24-11-21-15(16(24)18(25)26)17-22-19(27-23-17)20(3)9-10-20/h5-8,11-12H,4,9-10H2,1-3H3. The Morgan fingerprint density at radius 2 is 2.00 bits per heavy atom. The van der Waals surface area contributed by atoms with E-state index in [1.54, 1.807) is 6.33 Å². The average Bonchev–Trinajstić information content (AvgIpc) is 3.11. The van der Waals surface area contributed by atoms with Crippen LogP contribution in [0.25, 0.3) is 28.1 Å². The molecular weight excluding hydrogens is 342 g/mol. The Morgan fingerprint density at radius 1 is 1.26 bits per heavy atom. The fourth-order valence-corrected chi connectivity index (χ4v) is 3.58. The number of benzene rings is 1. The third-order valence-electron chi connectivity index (χ3n) is 5.78. The van der Waals surface area contributed by atoms with Crippen molar-refractivity contribution in [2.75, 3.05) is 0 Å². The lowest BCUT2D eigenvalue weighted by Gasteiger charge is -2.17. The van der Waals surface area contributed by atoms with Crippen LogP contribution in [0.4, 0.5) is 0 Å². The van der Waals surface area contributed by atoms with Crippen molar-refractivity contribution in [3.8, 4) is 11.5 Å². The van der Waals surface area contributed by atoms with Gasteiger partial charge in [-0.05, 0) is 38.3 Å². The van der Waals surface area contributed by atoms with E-state index in [2.05, 4.69) is 35.9 Å². The van der Waals surface area contributed by atoms with E-state index in [9.17, 15) is 4.79 Å². The number of nitrogens with zero attached hydrogens (tertiary/aromatic N) is 5. The third-order valence-corrected chi connectivity index (χ3v) is 5.78. The molecule has 3 aromatic heterocycles. The first kappa shape index (κ1) is 16.2. The van der Waals surface area contributed by atoms with Gasteiger partial charge in [-0.1, -0.05) is 31.1 Å². The van der Waals surface area contributed by atoms with Gasteiger partial charge in [0.15, 0.2) is 0 Å². The second kappa shape index (κ2) is 5.52. The van der Waals surface area contributed by atoms with Crippen molar-refractivity contribution in [1.29, 1.82) is 0 Å². The summed E-state index contributed by atoms with van der Waals surface area (Å²) in [4.78, 5) is 22.5. The van der Waals surface area contributed by atoms with Gasteiger partial charge in [-0.2, -0.15) is 4.98 Å². The molecule has 4 aromatic rings. The van der Waals surface area contributed by atoms with Gasteiger partial charge in [-0.15, -0.1) is 0 Å². The highest BCUT2D eigenvalue weighted by molar-refractivity contribution is 5.83. The molecule has 1 aliphatic carbocycles. The second-order valence-electron chi connectivity index (χ2n) is 7.72. The van der Waals surface area contributed by atoms with Crippen LogP contribution in [0.1, 0.15) is 52.0 Å². The predicted molar refractivity (Wildman–Crippen MR) is 102 cm³/mol. The first-order chi connectivity index (χ1) is 13.0. The molecule has 7 heteroatoms. The van der Waals surface area contributed by atoms with Crippen LogP contribution in [0.15, 0.2) is 39.9 Å². The summed E-state index contributed by atoms with van der Waals surface area (Å²) in [5.41, 5.74) is 2.69. The van der Waals surface area contributed by atoms with Crippen LogP contribution in [-0.2, 0) is 5.41 Å². The van der Waals surface area contributed by atoms with Crippen LogP contribution in [-0.4, -0.2) is 24.1 Å². The van der Waals surface area contributed by atoms with E-state index in [-0.39, 0.29) is 17.0 Å². The smallest absolute Gasteiger partial charge is 0.278 e. The Hall–Kier alpha value is -2.96. The molecule has 0 amide bonds. The summed E-state index contributed by atoms with van der Waals surface area (Å²) in [6, 6.07) is 7.96. The van der Waals surface area contributed by atoms with Crippen molar-refractivity contribution >= 4 is 16.6 Å². The molecule has 0 N–H and O–H groups in total. The molecule has 0 spiro atoms. The van der Waals surface area contributed by atoms with Crippen LogP contribution in [0, 0.1) is 0 Å². The number of rotatable bonds is 4. The Labute approximate surface area is 155 Å². The third kappa shape index (κ3) is 2.27. The van der Waals surface area contributed by atoms with Crippen LogP contribution in [0.3, 0.4) is 0 Å². The van der Waals surface area contributed by atoms with E-state index < -0.39 is 0 Å². The van der Waals surface area contributed by atoms with E-state index in [0.717, 1.165) is 30.3 Å². The number of fused-ring (bicyclic) bond motifs is 3. The molecule has 7 nitrogen and oxygen atoms in total. The topological polar surface area (TPSA) is 78.2 Å². The van der Waals surface area contributed by atoms with Crippen LogP contribution < -0.4 is 5.56 Å². The van der Waals surface area contributed by atoms with Gasteiger partial charge in [0.25, 0.3) is 5.56 Å². The summed E-state index contributed by atoms with van der Waals surface area (Å²) in [5.74, 6) is 1.00. The number of imidazole rings is 1. The molecule has 0 saturated heterocycles. The highest BCUT2D eigenvalue weighted by Gasteiger charge is 2.44. The summed E-state index contributed by atoms with van der Waals surface area (Å²) in [7, 11) is 0. The lowest BCUT2D eigenvalue weighted by atomic mass is 10.1. The summed E-state index contributed by atoms with van der Waals surface area (Å²) in [6.07, 6.45) is 4.62. The quantitative estimate of drug-likeness (QED) is 0.552. The zero-order valence-corrected chi connectivity index (χ0v) is 15.6. The number of aromatic nitrogens is 5. The largest absolute Gasteiger partial charge is 0.338 e. The van der Waals surface area contributed by atoms with Crippen molar-refractivity contribution < 1.29 is 4.52 Å². The molecule has 1 aliphatic rings. The van der Waals surface area contributed by atoms with Gasteiger partial charge in [0.1, 0.15) is 17.5 Å². The molecule has 1 atom stereocenters. The zero-order valence-electron chi connectivity index (χ0n) is 15.6. The van der Waals surface area contributed by atoms with E-state index in [4.69, 9.17) is 4.52 Å². The molecule has 3 heterocycles. The van der Waals surface area contributed by atoms with E-state index >= 15 is 0 Å². The Kier molecular flexibility index (Phi) is 3.32. The summed E-state index contributed by atoms with van der Waals surface area (Å²) in [5, 5.41) is 4.12. The zero-order chi connectivity index (χ0) is 18.8. The van der Waals surface area contributed by atoms with Gasteiger partial charge >= 0.3 is 0 Å². The first-order valence-electron chi connectivity index (χ1n) is 9.38. The molecule has 0 bridgehead atoms. The molecule has 1 fully saturated rings. The minimum atomic E-state index is -0.0838. The normalized spacial score (nSPS) is 16.9. The number of hydrogen-bond donors (Lipinski definition) is 0. The average molecular weight is 363 g/mol. The Balaban J connectivity index is 1.82. The second-order valence-corrected chi connectivity index (χ2v) is 7.72. The predicted octanol–water partition coefficient (Wildman–Crippen LogP) is 3.72. The van der Waals surface area contributed by atoms with Crippen molar-refractivity contribution in [3.63, 3.8) is 0 Å². The monoisotopic (exact) mass is 363 g/mol.